The van der Waals surface area contributed by atoms with Crippen molar-refractivity contribution in [3.05, 3.63) is 0 Å². The number of unbranched alkanes of at least 4 members (excludes halogenated alkanes) is 1. The molecule has 0 heterocycles. The second kappa shape index (κ2) is 18.4. The van der Waals surface area contributed by atoms with E-state index in [9.17, 15) is 4.79 Å². The van der Waals surface area contributed by atoms with E-state index in [1.807, 2.05) is 27.7 Å². The van der Waals surface area contributed by atoms with Gasteiger partial charge in [-0.2, -0.15) is 0 Å². The number of rotatable bonds is 12. The summed E-state index contributed by atoms with van der Waals surface area (Å²) in [6, 6.07) is 0. The van der Waals surface area contributed by atoms with Gasteiger partial charge in [-0.3, -0.25) is 4.79 Å². The summed E-state index contributed by atoms with van der Waals surface area (Å²) in [4.78, 5) is 11.4. The van der Waals surface area contributed by atoms with Crippen molar-refractivity contribution in [2.75, 3.05) is 40.1 Å². The summed E-state index contributed by atoms with van der Waals surface area (Å²) >= 11 is 0. The Morgan fingerprint density at radius 2 is 1.80 bits per heavy atom. The maximum Gasteiger partial charge on any atom is 0.220 e. The molecule has 0 aromatic carbocycles. The van der Waals surface area contributed by atoms with Gasteiger partial charge in [-0.15, -0.1) is 0 Å². The summed E-state index contributed by atoms with van der Waals surface area (Å²) in [7, 11) is 1.63. The molecule has 0 aromatic heterocycles. The summed E-state index contributed by atoms with van der Waals surface area (Å²) in [5.74, 6) is 0.0786. The Morgan fingerprint density at radius 1 is 1.10 bits per heavy atom. The SMILES string of the molecule is CC.COCCOCCNC(=O)CCCCOC(C)C.[HH]. The van der Waals surface area contributed by atoms with Gasteiger partial charge in [0.25, 0.3) is 0 Å². The molecule has 0 atom stereocenters. The fourth-order valence-corrected chi connectivity index (χ4v) is 1.30. The van der Waals surface area contributed by atoms with Crippen molar-refractivity contribution in [1.29, 1.82) is 0 Å². The molecular weight excluding hydrogens is 258 g/mol. The number of carbonyl (C=O) groups is 1. The predicted molar refractivity (Wildman–Crippen MR) is 84.1 cm³/mol. The van der Waals surface area contributed by atoms with Crippen LogP contribution in [-0.2, 0) is 19.0 Å². The number of hydrogen-bond donors (Lipinski definition) is 1. The van der Waals surface area contributed by atoms with Gasteiger partial charge in [-0.25, -0.2) is 0 Å². The highest BCUT2D eigenvalue weighted by atomic mass is 16.5. The minimum absolute atomic E-state index is 0. The average Bonchev–Trinajstić information content (AvgIpc) is 2.44. The summed E-state index contributed by atoms with van der Waals surface area (Å²) in [6.07, 6.45) is 2.61. The Balaban J connectivity index is -0.00000103. The van der Waals surface area contributed by atoms with Gasteiger partial charge in [0.1, 0.15) is 0 Å². The Morgan fingerprint density at radius 3 is 2.40 bits per heavy atom. The molecule has 1 amide bonds. The first-order valence-corrected chi connectivity index (χ1v) is 7.61. The fraction of sp³-hybridized carbons (Fsp3) is 0.933. The average molecular weight is 293 g/mol. The summed E-state index contributed by atoms with van der Waals surface area (Å²) < 4.78 is 15.5. The summed E-state index contributed by atoms with van der Waals surface area (Å²) in [5.41, 5.74) is 0. The molecule has 0 unspecified atom stereocenters. The zero-order chi connectivity index (χ0) is 15.6. The van der Waals surface area contributed by atoms with E-state index in [-0.39, 0.29) is 13.4 Å². The molecule has 5 nitrogen and oxygen atoms in total. The molecule has 1 N–H and O–H groups in total. The first-order valence-electron chi connectivity index (χ1n) is 7.61. The molecule has 0 radical (unpaired) electrons. The first kappa shape index (κ1) is 21.6. The van der Waals surface area contributed by atoms with E-state index in [0.717, 1.165) is 19.4 Å². The molecule has 0 fully saturated rings. The van der Waals surface area contributed by atoms with E-state index in [1.54, 1.807) is 7.11 Å². The molecule has 0 aliphatic carbocycles. The van der Waals surface area contributed by atoms with Gasteiger partial charge in [-0.1, -0.05) is 13.8 Å². The van der Waals surface area contributed by atoms with Gasteiger partial charge < -0.3 is 19.5 Å². The lowest BCUT2D eigenvalue weighted by Gasteiger charge is -2.08. The molecule has 0 saturated carbocycles. The molecular formula is C15H35NO4. The van der Waals surface area contributed by atoms with Crippen LogP contribution in [0.2, 0.25) is 0 Å². The topological polar surface area (TPSA) is 56.8 Å². The molecule has 0 aliphatic heterocycles. The number of nitrogens with one attached hydrogen (secondary N) is 1. The molecule has 20 heavy (non-hydrogen) atoms. The van der Waals surface area contributed by atoms with Gasteiger partial charge in [0, 0.05) is 28.1 Å². The Labute approximate surface area is 125 Å². The van der Waals surface area contributed by atoms with Gasteiger partial charge in [0.2, 0.25) is 5.91 Å². The van der Waals surface area contributed by atoms with Crippen molar-refractivity contribution in [1.82, 2.24) is 5.32 Å². The van der Waals surface area contributed by atoms with Crippen LogP contribution in [0.4, 0.5) is 0 Å². The Hall–Kier alpha value is -0.650. The summed E-state index contributed by atoms with van der Waals surface area (Å²) in [5, 5.41) is 2.81. The lowest BCUT2D eigenvalue weighted by molar-refractivity contribution is -0.121. The van der Waals surface area contributed by atoms with Gasteiger partial charge in [0.05, 0.1) is 25.9 Å². The summed E-state index contributed by atoms with van der Waals surface area (Å²) in [6.45, 7) is 11.0. The van der Waals surface area contributed by atoms with Crippen LogP contribution in [0.3, 0.4) is 0 Å². The minimum atomic E-state index is 0. The highest BCUT2D eigenvalue weighted by Gasteiger charge is 2.00. The monoisotopic (exact) mass is 293 g/mol. The van der Waals surface area contributed by atoms with Crippen LogP contribution in [0, 0.1) is 0 Å². The maximum atomic E-state index is 11.4. The smallest absolute Gasteiger partial charge is 0.220 e. The van der Waals surface area contributed by atoms with E-state index in [2.05, 4.69) is 5.32 Å². The van der Waals surface area contributed by atoms with Crippen molar-refractivity contribution >= 4 is 5.91 Å². The number of hydrogen-bond acceptors (Lipinski definition) is 4. The molecule has 0 bridgehead atoms. The number of methoxy groups -OCH3 is 1. The number of amides is 1. The van der Waals surface area contributed by atoms with Crippen LogP contribution in [0.1, 0.15) is 48.4 Å². The number of carbonyl (C=O) groups excluding carboxylic acids is 1. The van der Waals surface area contributed by atoms with E-state index in [1.165, 1.54) is 0 Å². The molecule has 0 spiro atoms. The molecule has 0 saturated heterocycles. The lowest BCUT2D eigenvalue weighted by atomic mass is 10.2. The van der Waals surface area contributed by atoms with Crippen molar-refractivity contribution in [2.45, 2.75) is 53.1 Å². The van der Waals surface area contributed by atoms with Crippen LogP contribution in [0.15, 0.2) is 0 Å². The molecule has 0 aromatic rings. The fourth-order valence-electron chi connectivity index (χ4n) is 1.30. The first-order chi connectivity index (χ1) is 9.66. The molecule has 124 valence electrons. The van der Waals surface area contributed by atoms with Crippen LogP contribution in [0.5, 0.6) is 0 Å². The van der Waals surface area contributed by atoms with Crippen LogP contribution < -0.4 is 5.32 Å². The van der Waals surface area contributed by atoms with Crippen LogP contribution in [0.25, 0.3) is 0 Å². The standard InChI is InChI=1S/C13H27NO4.C2H6.H2/c1-12(2)18-8-5-4-6-13(15)14-7-9-17-11-10-16-3;1-2;/h12H,4-11H2,1-3H3,(H,14,15);1-2H3;1H. The Bertz CT molecular complexity index is 204. The third-order valence-corrected chi connectivity index (χ3v) is 2.25. The van der Waals surface area contributed by atoms with Crippen molar-refractivity contribution in [3.8, 4) is 0 Å². The third kappa shape index (κ3) is 19.7. The maximum absolute atomic E-state index is 11.4. The number of ether oxygens (including phenoxy) is 3. The molecule has 5 heteroatoms. The van der Waals surface area contributed by atoms with Crippen molar-refractivity contribution < 1.29 is 20.4 Å². The van der Waals surface area contributed by atoms with Crippen LogP contribution >= 0.6 is 0 Å². The van der Waals surface area contributed by atoms with E-state index in [0.29, 0.717) is 32.8 Å². The normalized spacial score (nSPS) is 10.1. The Kier molecular flexibility index (Phi) is 19.9. The lowest BCUT2D eigenvalue weighted by Crippen LogP contribution is -2.27. The van der Waals surface area contributed by atoms with E-state index in [4.69, 9.17) is 14.2 Å². The second-order valence-corrected chi connectivity index (χ2v) is 4.33. The van der Waals surface area contributed by atoms with Gasteiger partial charge in [0.15, 0.2) is 0 Å². The zero-order valence-electron chi connectivity index (χ0n) is 13.9. The van der Waals surface area contributed by atoms with Gasteiger partial charge >= 0.3 is 0 Å². The third-order valence-electron chi connectivity index (χ3n) is 2.25. The van der Waals surface area contributed by atoms with Crippen molar-refractivity contribution in [3.63, 3.8) is 0 Å². The molecule has 0 aliphatic rings. The second-order valence-electron chi connectivity index (χ2n) is 4.33. The quantitative estimate of drug-likeness (QED) is 0.562. The van der Waals surface area contributed by atoms with Crippen LogP contribution in [-0.4, -0.2) is 52.1 Å². The largest absolute Gasteiger partial charge is 0.382 e. The molecule has 0 rings (SSSR count). The highest BCUT2D eigenvalue weighted by Crippen LogP contribution is 1.98. The van der Waals surface area contributed by atoms with Gasteiger partial charge in [-0.05, 0) is 26.7 Å². The predicted octanol–water partition coefficient (Wildman–Crippen LogP) is 2.63. The highest BCUT2D eigenvalue weighted by molar-refractivity contribution is 5.75. The minimum Gasteiger partial charge on any atom is -0.382 e. The van der Waals surface area contributed by atoms with Crippen molar-refractivity contribution in [2.24, 2.45) is 0 Å². The van der Waals surface area contributed by atoms with E-state index < -0.39 is 0 Å². The van der Waals surface area contributed by atoms with E-state index >= 15 is 0 Å². The zero-order valence-corrected chi connectivity index (χ0v) is 13.9.